The van der Waals surface area contributed by atoms with Crippen LogP contribution in [-0.4, -0.2) is 43.9 Å². The van der Waals surface area contributed by atoms with Crippen LogP contribution in [0.25, 0.3) is 0 Å². The third-order valence-corrected chi connectivity index (χ3v) is 3.93. The van der Waals surface area contributed by atoms with E-state index in [-0.39, 0.29) is 11.9 Å². The number of carbonyl (C=O) groups excluding carboxylic acids is 1. The van der Waals surface area contributed by atoms with E-state index in [0.29, 0.717) is 6.04 Å². The van der Waals surface area contributed by atoms with Crippen molar-refractivity contribution >= 4 is 30.1 Å². The van der Waals surface area contributed by atoms with Gasteiger partial charge in [0.25, 0.3) is 0 Å². The lowest BCUT2D eigenvalue weighted by Crippen LogP contribution is -2.26. The predicted octanol–water partition coefficient (Wildman–Crippen LogP) is 4.32. The first kappa shape index (κ1) is 24.6. The number of nitrogens with one attached hydrogen (secondary N) is 2. The summed E-state index contributed by atoms with van der Waals surface area (Å²) in [5, 5.41) is 14.0. The number of benzene rings is 2. The van der Waals surface area contributed by atoms with Gasteiger partial charge < -0.3 is 10.6 Å². The maximum absolute atomic E-state index is 10.2. The highest BCUT2D eigenvalue weighted by Gasteiger charge is 2.21. The van der Waals surface area contributed by atoms with Crippen molar-refractivity contribution in [1.29, 1.82) is 0 Å². The Kier molecular flexibility index (Phi) is 12.3. The second-order valence-electron chi connectivity index (χ2n) is 6.51. The minimum absolute atomic E-state index is 0.00546. The fraction of sp³-hybridized carbons (Fsp3) is 0.348. The lowest BCUT2D eigenvalue weighted by atomic mass is 9.97. The third-order valence-electron chi connectivity index (χ3n) is 3.93. The molecule has 0 aromatic heterocycles. The topological polar surface area (TPSA) is 65.8 Å². The molecule has 3 rings (SSSR count). The maximum atomic E-state index is 10.2. The van der Waals surface area contributed by atoms with E-state index < -0.39 is 0 Å². The fourth-order valence-corrected chi connectivity index (χ4v) is 2.59. The van der Waals surface area contributed by atoms with Crippen LogP contribution >= 0.6 is 11.8 Å². The molecule has 0 bridgehead atoms. The Bertz CT molecular complexity index is 746. The van der Waals surface area contributed by atoms with Crippen molar-refractivity contribution in [3.8, 4) is 0 Å². The molecule has 2 aromatic carbocycles. The van der Waals surface area contributed by atoms with Crippen molar-refractivity contribution in [3.05, 3.63) is 71.8 Å². The SMILES string of the molecule is C=N/N=C(/c1ccccc1)C(NC)c1ccccc1.CC(=O)NC1CC1.CSC. The fourth-order valence-electron chi connectivity index (χ4n) is 2.59. The Morgan fingerprint density at radius 1 is 1.07 bits per heavy atom. The molecule has 0 saturated heterocycles. The number of rotatable bonds is 6. The zero-order valence-electron chi connectivity index (χ0n) is 17.8. The Morgan fingerprint density at radius 2 is 1.59 bits per heavy atom. The quantitative estimate of drug-likeness (QED) is 0.549. The number of hydrogen-bond acceptors (Lipinski definition) is 5. The summed E-state index contributed by atoms with van der Waals surface area (Å²) in [5.74, 6) is 0.0995. The van der Waals surface area contributed by atoms with Crippen LogP contribution in [0, 0.1) is 0 Å². The second kappa shape index (κ2) is 14.5. The lowest BCUT2D eigenvalue weighted by molar-refractivity contribution is -0.119. The van der Waals surface area contributed by atoms with Crippen LogP contribution in [0.3, 0.4) is 0 Å². The Morgan fingerprint density at radius 3 is 1.97 bits per heavy atom. The van der Waals surface area contributed by atoms with E-state index in [4.69, 9.17) is 0 Å². The van der Waals surface area contributed by atoms with Crippen molar-refractivity contribution in [2.75, 3.05) is 19.6 Å². The van der Waals surface area contributed by atoms with E-state index in [2.05, 4.69) is 39.7 Å². The molecule has 1 aliphatic rings. The van der Waals surface area contributed by atoms with Crippen LogP contribution in [0.5, 0.6) is 0 Å². The van der Waals surface area contributed by atoms with E-state index in [0.717, 1.165) is 16.8 Å². The number of hydrogen-bond donors (Lipinski definition) is 2. The largest absolute Gasteiger partial charge is 0.354 e. The number of likely N-dealkylation sites (N-methyl/N-ethyl adjacent to an activating group) is 1. The summed E-state index contributed by atoms with van der Waals surface area (Å²) < 4.78 is 0. The molecule has 0 radical (unpaired) electrons. The molecule has 29 heavy (non-hydrogen) atoms. The van der Waals surface area contributed by atoms with Crippen LogP contribution in [0.1, 0.15) is 36.9 Å². The molecule has 1 fully saturated rings. The number of amides is 1. The summed E-state index contributed by atoms with van der Waals surface area (Å²) in [7, 11) is 1.92. The maximum Gasteiger partial charge on any atom is 0.217 e. The summed E-state index contributed by atoms with van der Waals surface area (Å²) in [6.07, 6.45) is 6.44. The standard InChI is InChI=1S/C16H17N3.C5H9NO.C2H6S/c1-17-15(13-9-5-3-6-10-13)16(19-18-2)14-11-7-4-8-12-14;1-4(7)6-5-2-3-5;1-3-2/h3-12,15,17H,2H2,1H3;5H,2-3H2,1H3,(H,6,7);1-2H3/b19-16-;;. The van der Waals surface area contributed by atoms with Gasteiger partial charge in [0.15, 0.2) is 0 Å². The molecule has 156 valence electrons. The average Bonchev–Trinajstić information content (AvgIpc) is 3.54. The molecule has 1 unspecified atom stereocenters. The molecule has 1 atom stereocenters. The van der Waals surface area contributed by atoms with Crippen LogP contribution in [0.15, 0.2) is 70.9 Å². The molecule has 0 spiro atoms. The predicted molar refractivity (Wildman–Crippen MR) is 127 cm³/mol. The van der Waals surface area contributed by atoms with Crippen LogP contribution in [-0.2, 0) is 4.79 Å². The molecule has 0 heterocycles. The van der Waals surface area contributed by atoms with Gasteiger partial charge in [-0.1, -0.05) is 60.7 Å². The molecule has 1 saturated carbocycles. The highest BCUT2D eigenvalue weighted by atomic mass is 32.2. The molecule has 1 amide bonds. The Hall–Kier alpha value is -2.44. The molecule has 2 aromatic rings. The van der Waals surface area contributed by atoms with Gasteiger partial charge in [-0.15, -0.1) is 0 Å². The smallest absolute Gasteiger partial charge is 0.217 e. The zero-order chi connectivity index (χ0) is 21.5. The molecular weight excluding hydrogens is 380 g/mol. The summed E-state index contributed by atoms with van der Waals surface area (Å²) >= 11 is 1.75. The molecule has 1 aliphatic carbocycles. The number of carbonyl (C=O) groups is 1. The van der Waals surface area contributed by atoms with E-state index in [9.17, 15) is 4.79 Å². The minimum Gasteiger partial charge on any atom is -0.354 e. The number of nitrogens with zero attached hydrogens (tertiary/aromatic N) is 2. The van der Waals surface area contributed by atoms with E-state index >= 15 is 0 Å². The first-order valence-electron chi connectivity index (χ1n) is 9.55. The molecule has 2 N–H and O–H groups in total. The van der Waals surface area contributed by atoms with Gasteiger partial charge in [0.2, 0.25) is 5.91 Å². The summed E-state index contributed by atoms with van der Waals surface area (Å²) in [6, 6.07) is 20.7. The van der Waals surface area contributed by atoms with Gasteiger partial charge in [-0.05, 0) is 43.5 Å². The van der Waals surface area contributed by atoms with Crippen molar-refractivity contribution in [3.63, 3.8) is 0 Å². The van der Waals surface area contributed by atoms with E-state index in [1.807, 2.05) is 68.1 Å². The first-order chi connectivity index (χ1) is 14.1. The van der Waals surface area contributed by atoms with Crippen LogP contribution in [0.2, 0.25) is 0 Å². The van der Waals surface area contributed by atoms with Gasteiger partial charge in [-0.3, -0.25) is 4.79 Å². The third kappa shape index (κ3) is 10.1. The highest BCUT2D eigenvalue weighted by molar-refractivity contribution is 7.97. The number of thioether (sulfide) groups is 1. The summed E-state index contributed by atoms with van der Waals surface area (Å²) in [5.41, 5.74) is 3.05. The van der Waals surface area contributed by atoms with E-state index in [1.54, 1.807) is 18.7 Å². The molecule has 6 heteroatoms. The zero-order valence-corrected chi connectivity index (χ0v) is 18.6. The van der Waals surface area contributed by atoms with Crippen LogP contribution in [0.4, 0.5) is 0 Å². The van der Waals surface area contributed by atoms with Crippen molar-refractivity contribution in [2.45, 2.75) is 31.8 Å². The summed E-state index contributed by atoms with van der Waals surface area (Å²) in [6.45, 7) is 5.02. The molecule has 0 aliphatic heterocycles. The molecular formula is C23H32N4OS. The Balaban J connectivity index is 0.000000347. The minimum atomic E-state index is -0.00546. The Labute approximate surface area is 179 Å². The van der Waals surface area contributed by atoms with E-state index in [1.165, 1.54) is 12.8 Å². The van der Waals surface area contributed by atoms with Gasteiger partial charge in [0.1, 0.15) is 0 Å². The van der Waals surface area contributed by atoms with Gasteiger partial charge in [0.05, 0.1) is 11.8 Å². The van der Waals surface area contributed by atoms with Gasteiger partial charge in [-0.2, -0.15) is 22.0 Å². The van der Waals surface area contributed by atoms with Crippen LogP contribution < -0.4 is 10.6 Å². The van der Waals surface area contributed by atoms with Gasteiger partial charge >= 0.3 is 0 Å². The molecule has 5 nitrogen and oxygen atoms in total. The van der Waals surface area contributed by atoms with Crippen molar-refractivity contribution in [1.82, 2.24) is 10.6 Å². The normalized spacial score (nSPS) is 13.7. The highest BCUT2D eigenvalue weighted by Crippen LogP contribution is 2.19. The van der Waals surface area contributed by atoms with Crippen molar-refractivity contribution in [2.24, 2.45) is 10.2 Å². The van der Waals surface area contributed by atoms with Gasteiger partial charge in [-0.25, -0.2) is 0 Å². The van der Waals surface area contributed by atoms with Gasteiger partial charge in [0, 0.05) is 19.7 Å². The lowest BCUT2D eigenvalue weighted by Gasteiger charge is -2.18. The average molecular weight is 413 g/mol. The first-order valence-corrected chi connectivity index (χ1v) is 11.2. The second-order valence-corrected chi connectivity index (χ2v) is 7.32. The van der Waals surface area contributed by atoms with Crippen molar-refractivity contribution < 1.29 is 4.79 Å². The summed E-state index contributed by atoms with van der Waals surface area (Å²) in [4.78, 5) is 10.2. The monoisotopic (exact) mass is 412 g/mol.